The lowest BCUT2D eigenvalue weighted by Gasteiger charge is -2.19. The van der Waals surface area contributed by atoms with Crippen LogP contribution < -0.4 is 4.90 Å². The van der Waals surface area contributed by atoms with Crippen molar-refractivity contribution in [2.45, 2.75) is 0 Å². The third-order valence-electron chi connectivity index (χ3n) is 3.04. The van der Waals surface area contributed by atoms with Crippen LogP contribution in [0, 0.1) is 0 Å². The smallest absolute Gasteiger partial charge is 0.144 e. The number of rotatable bonds is 2. The molecule has 0 aliphatic rings. The number of anilines is 2. The topological polar surface area (TPSA) is 29.0 Å². The normalized spacial score (nSPS) is 10.6. The SMILES string of the molecule is CN(c1ccccc1)c1ncnc2ccc(Cl)cc12. The number of benzene rings is 2. The Hall–Kier alpha value is -2.13. The van der Waals surface area contributed by atoms with E-state index in [0.717, 1.165) is 22.4 Å². The molecule has 0 N–H and O–H groups in total. The molecule has 3 rings (SSSR count). The first-order valence-corrected chi connectivity index (χ1v) is 6.32. The van der Waals surface area contributed by atoms with E-state index < -0.39 is 0 Å². The highest BCUT2D eigenvalue weighted by atomic mass is 35.5. The number of hydrogen-bond acceptors (Lipinski definition) is 3. The van der Waals surface area contributed by atoms with Crippen molar-refractivity contribution in [3.05, 3.63) is 59.9 Å². The number of aromatic nitrogens is 2. The molecule has 94 valence electrons. The van der Waals surface area contributed by atoms with Gasteiger partial charge in [-0.05, 0) is 30.3 Å². The molecule has 0 aliphatic carbocycles. The van der Waals surface area contributed by atoms with Gasteiger partial charge in [0.1, 0.15) is 12.1 Å². The molecule has 3 nitrogen and oxygen atoms in total. The molecule has 3 aromatic rings. The molecule has 2 aromatic carbocycles. The van der Waals surface area contributed by atoms with Gasteiger partial charge in [0, 0.05) is 23.1 Å². The van der Waals surface area contributed by atoms with Crippen LogP contribution in [-0.2, 0) is 0 Å². The largest absolute Gasteiger partial charge is 0.329 e. The van der Waals surface area contributed by atoms with E-state index >= 15 is 0 Å². The number of halogens is 1. The summed E-state index contributed by atoms with van der Waals surface area (Å²) in [5.74, 6) is 0.846. The molecule has 1 heterocycles. The average molecular weight is 270 g/mol. The number of fused-ring (bicyclic) bond motifs is 1. The van der Waals surface area contributed by atoms with Gasteiger partial charge in [0.15, 0.2) is 0 Å². The van der Waals surface area contributed by atoms with Crippen molar-refractivity contribution in [3.8, 4) is 0 Å². The second-order valence-corrected chi connectivity index (χ2v) is 4.69. The Morgan fingerprint density at radius 2 is 1.79 bits per heavy atom. The first kappa shape index (κ1) is 11.9. The van der Waals surface area contributed by atoms with E-state index in [4.69, 9.17) is 11.6 Å². The zero-order valence-corrected chi connectivity index (χ0v) is 11.2. The highest BCUT2D eigenvalue weighted by Gasteiger charge is 2.10. The van der Waals surface area contributed by atoms with Gasteiger partial charge in [-0.25, -0.2) is 9.97 Å². The summed E-state index contributed by atoms with van der Waals surface area (Å²) in [5.41, 5.74) is 1.96. The second kappa shape index (κ2) is 4.86. The van der Waals surface area contributed by atoms with Crippen LogP contribution in [0.3, 0.4) is 0 Å². The van der Waals surface area contributed by atoms with E-state index in [1.807, 2.05) is 60.5 Å². The molecule has 0 amide bonds. The molecule has 1 aromatic heterocycles. The quantitative estimate of drug-likeness (QED) is 0.703. The predicted molar refractivity (Wildman–Crippen MR) is 79.1 cm³/mol. The third kappa shape index (κ3) is 2.25. The lowest BCUT2D eigenvalue weighted by atomic mass is 10.2. The Bertz CT molecular complexity index is 713. The molecule has 0 unspecified atom stereocenters. The molecule has 0 saturated heterocycles. The van der Waals surface area contributed by atoms with E-state index in [1.54, 1.807) is 6.33 Å². The zero-order chi connectivity index (χ0) is 13.2. The fraction of sp³-hybridized carbons (Fsp3) is 0.0667. The van der Waals surface area contributed by atoms with Gasteiger partial charge < -0.3 is 4.90 Å². The van der Waals surface area contributed by atoms with Gasteiger partial charge in [0.05, 0.1) is 5.52 Å². The summed E-state index contributed by atoms with van der Waals surface area (Å²) < 4.78 is 0. The van der Waals surface area contributed by atoms with Crippen molar-refractivity contribution in [2.75, 3.05) is 11.9 Å². The third-order valence-corrected chi connectivity index (χ3v) is 3.27. The molecule has 4 heteroatoms. The van der Waals surface area contributed by atoms with Crippen molar-refractivity contribution in [1.29, 1.82) is 0 Å². The van der Waals surface area contributed by atoms with Gasteiger partial charge in [-0.2, -0.15) is 0 Å². The van der Waals surface area contributed by atoms with Crippen molar-refractivity contribution < 1.29 is 0 Å². The maximum atomic E-state index is 6.07. The summed E-state index contributed by atoms with van der Waals surface area (Å²) in [6.07, 6.45) is 1.57. The molecule has 0 atom stereocenters. The summed E-state index contributed by atoms with van der Waals surface area (Å²) in [6, 6.07) is 15.7. The Morgan fingerprint density at radius 3 is 2.58 bits per heavy atom. The first-order chi connectivity index (χ1) is 9.25. The van der Waals surface area contributed by atoms with Crippen molar-refractivity contribution in [1.82, 2.24) is 9.97 Å². The number of nitrogens with zero attached hydrogens (tertiary/aromatic N) is 3. The summed E-state index contributed by atoms with van der Waals surface area (Å²) in [6.45, 7) is 0. The van der Waals surface area contributed by atoms with Crippen molar-refractivity contribution in [3.63, 3.8) is 0 Å². The van der Waals surface area contributed by atoms with Crippen LogP contribution in [0.2, 0.25) is 5.02 Å². The van der Waals surface area contributed by atoms with Gasteiger partial charge in [-0.15, -0.1) is 0 Å². The second-order valence-electron chi connectivity index (χ2n) is 4.25. The van der Waals surface area contributed by atoms with Crippen LogP contribution in [0.5, 0.6) is 0 Å². The van der Waals surface area contributed by atoms with Crippen LogP contribution in [0.4, 0.5) is 11.5 Å². The average Bonchev–Trinajstić information content (AvgIpc) is 2.47. The highest BCUT2D eigenvalue weighted by Crippen LogP contribution is 2.29. The van der Waals surface area contributed by atoms with Gasteiger partial charge in [-0.1, -0.05) is 29.8 Å². The van der Waals surface area contributed by atoms with E-state index in [2.05, 4.69) is 9.97 Å². The fourth-order valence-electron chi connectivity index (χ4n) is 2.06. The van der Waals surface area contributed by atoms with E-state index in [9.17, 15) is 0 Å². The minimum Gasteiger partial charge on any atom is -0.329 e. The molecule has 19 heavy (non-hydrogen) atoms. The van der Waals surface area contributed by atoms with Crippen molar-refractivity contribution in [2.24, 2.45) is 0 Å². The minimum atomic E-state index is 0.685. The Labute approximate surface area is 116 Å². The molecule has 0 aliphatic heterocycles. The lowest BCUT2D eigenvalue weighted by molar-refractivity contribution is 1.11. The van der Waals surface area contributed by atoms with Crippen LogP contribution in [-0.4, -0.2) is 17.0 Å². The van der Waals surface area contributed by atoms with Crippen LogP contribution in [0.15, 0.2) is 54.9 Å². The number of hydrogen-bond donors (Lipinski definition) is 0. The summed E-state index contributed by atoms with van der Waals surface area (Å²) in [4.78, 5) is 10.7. The van der Waals surface area contributed by atoms with Crippen LogP contribution >= 0.6 is 11.6 Å². The van der Waals surface area contributed by atoms with Crippen LogP contribution in [0.1, 0.15) is 0 Å². The van der Waals surface area contributed by atoms with E-state index in [1.165, 1.54) is 0 Å². The number of para-hydroxylation sites is 1. The van der Waals surface area contributed by atoms with E-state index in [-0.39, 0.29) is 0 Å². The molecule has 0 spiro atoms. The molecular weight excluding hydrogens is 258 g/mol. The van der Waals surface area contributed by atoms with Crippen LogP contribution in [0.25, 0.3) is 10.9 Å². The summed E-state index contributed by atoms with van der Waals surface area (Å²) in [5, 5.41) is 1.63. The summed E-state index contributed by atoms with van der Waals surface area (Å²) >= 11 is 6.07. The monoisotopic (exact) mass is 269 g/mol. The van der Waals surface area contributed by atoms with Gasteiger partial charge in [0.2, 0.25) is 0 Å². The molecule has 0 fully saturated rings. The lowest BCUT2D eigenvalue weighted by Crippen LogP contribution is -2.11. The van der Waals surface area contributed by atoms with E-state index in [0.29, 0.717) is 5.02 Å². The van der Waals surface area contributed by atoms with Crippen molar-refractivity contribution >= 4 is 34.0 Å². The maximum Gasteiger partial charge on any atom is 0.144 e. The predicted octanol–water partition coefficient (Wildman–Crippen LogP) is 4.05. The Kier molecular flexibility index (Phi) is 3.05. The molecular formula is C15H12ClN3. The maximum absolute atomic E-state index is 6.07. The standard InChI is InChI=1S/C15H12ClN3/c1-19(12-5-3-2-4-6-12)15-13-9-11(16)7-8-14(13)17-10-18-15/h2-10H,1H3. The highest BCUT2D eigenvalue weighted by molar-refractivity contribution is 6.31. The zero-order valence-electron chi connectivity index (χ0n) is 10.4. The van der Waals surface area contributed by atoms with Gasteiger partial charge in [-0.3, -0.25) is 0 Å². The Balaban J connectivity index is 2.17. The summed E-state index contributed by atoms with van der Waals surface area (Å²) in [7, 11) is 1.98. The minimum absolute atomic E-state index is 0.685. The molecule has 0 bridgehead atoms. The molecule has 0 saturated carbocycles. The fourth-order valence-corrected chi connectivity index (χ4v) is 2.23. The first-order valence-electron chi connectivity index (χ1n) is 5.95. The molecule has 0 radical (unpaired) electrons. The Morgan fingerprint density at radius 1 is 1.00 bits per heavy atom. The van der Waals surface area contributed by atoms with Gasteiger partial charge in [0.25, 0.3) is 0 Å². The van der Waals surface area contributed by atoms with Gasteiger partial charge >= 0.3 is 0 Å².